The van der Waals surface area contributed by atoms with Gasteiger partial charge in [-0.3, -0.25) is 0 Å². The Morgan fingerprint density at radius 1 is 1.03 bits per heavy atom. The number of hydrogen-bond acceptors (Lipinski definition) is 6. The molecule has 29 heavy (non-hydrogen) atoms. The summed E-state index contributed by atoms with van der Waals surface area (Å²) in [6.07, 6.45) is 5.31. The molecule has 0 saturated carbocycles. The zero-order chi connectivity index (χ0) is 20.2. The fourth-order valence-corrected chi connectivity index (χ4v) is 3.90. The number of anilines is 1. The summed E-state index contributed by atoms with van der Waals surface area (Å²) in [4.78, 5) is 9.22. The summed E-state index contributed by atoms with van der Waals surface area (Å²) in [6.45, 7) is 7.92. The predicted octanol–water partition coefficient (Wildman–Crippen LogP) is 3.76. The number of aryl methyl sites for hydroxylation is 2. The number of rotatable bonds is 8. The van der Waals surface area contributed by atoms with E-state index in [1.165, 1.54) is 29.7 Å². The second kappa shape index (κ2) is 8.68. The molecular formula is C22H29N5O2. The molecule has 0 spiro atoms. The van der Waals surface area contributed by atoms with Crippen LogP contribution in [0.25, 0.3) is 5.78 Å². The topological polar surface area (TPSA) is 73.6 Å². The van der Waals surface area contributed by atoms with E-state index in [0.29, 0.717) is 19.0 Å². The highest BCUT2D eigenvalue weighted by Gasteiger charge is 2.20. The van der Waals surface area contributed by atoms with Gasteiger partial charge >= 0.3 is 0 Å². The maximum atomic E-state index is 5.75. The number of benzene rings is 1. The number of nitrogens with zero attached hydrogens (tertiary/aromatic N) is 4. The van der Waals surface area contributed by atoms with Gasteiger partial charge in [0.25, 0.3) is 5.78 Å². The highest BCUT2D eigenvalue weighted by molar-refractivity contribution is 5.54. The largest absolute Gasteiger partial charge is 0.490 e. The second-order valence-corrected chi connectivity index (χ2v) is 7.29. The van der Waals surface area contributed by atoms with E-state index in [1.807, 2.05) is 31.4 Å². The van der Waals surface area contributed by atoms with Crippen molar-refractivity contribution in [2.45, 2.75) is 52.9 Å². The first kappa shape index (κ1) is 19.5. The fourth-order valence-electron chi connectivity index (χ4n) is 3.90. The lowest BCUT2D eigenvalue weighted by molar-refractivity contribution is 0.287. The molecule has 4 rings (SSSR count). The Hall–Kier alpha value is -2.83. The Balaban J connectivity index is 1.54. The van der Waals surface area contributed by atoms with E-state index in [-0.39, 0.29) is 0 Å². The minimum absolute atomic E-state index is 0.620. The quantitative estimate of drug-likeness (QED) is 0.626. The van der Waals surface area contributed by atoms with Gasteiger partial charge in [0.15, 0.2) is 11.5 Å². The molecule has 0 atom stereocenters. The second-order valence-electron chi connectivity index (χ2n) is 7.29. The number of fused-ring (bicyclic) bond motifs is 2. The number of hydrogen-bond donors (Lipinski definition) is 1. The van der Waals surface area contributed by atoms with Gasteiger partial charge < -0.3 is 14.8 Å². The first-order chi connectivity index (χ1) is 14.2. The van der Waals surface area contributed by atoms with E-state index in [2.05, 4.69) is 27.5 Å². The highest BCUT2D eigenvalue weighted by Crippen LogP contribution is 2.30. The van der Waals surface area contributed by atoms with Crippen LogP contribution >= 0.6 is 0 Å². The first-order valence-corrected chi connectivity index (χ1v) is 10.6. The van der Waals surface area contributed by atoms with Gasteiger partial charge in [-0.15, -0.1) is 5.10 Å². The molecule has 0 fully saturated rings. The van der Waals surface area contributed by atoms with Crippen LogP contribution in [0.1, 0.15) is 49.3 Å². The molecule has 1 aliphatic carbocycles. The van der Waals surface area contributed by atoms with E-state index in [0.717, 1.165) is 48.9 Å². The zero-order valence-electron chi connectivity index (χ0n) is 17.5. The van der Waals surface area contributed by atoms with Gasteiger partial charge in [-0.05, 0) is 70.6 Å². The molecule has 7 heteroatoms. The Kier molecular flexibility index (Phi) is 5.83. The number of nitrogens with one attached hydrogen (secondary N) is 1. The SMILES string of the molecule is CCOc1ccc(CCNc2c3c(nc4nc(C)nn24)CCCC3)cc1OCC. The number of aromatic nitrogens is 4. The van der Waals surface area contributed by atoms with Crippen LogP contribution in [-0.4, -0.2) is 39.3 Å². The molecule has 3 aromatic rings. The van der Waals surface area contributed by atoms with Crippen molar-refractivity contribution in [3.05, 3.63) is 40.8 Å². The van der Waals surface area contributed by atoms with Gasteiger partial charge in [0, 0.05) is 12.1 Å². The monoisotopic (exact) mass is 395 g/mol. The highest BCUT2D eigenvalue weighted by atomic mass is 16.5. The smallest absolute Gasteiger partial charge is 0.254 e. The van der Waals surface area contributed by atoms with Crippen LogP contribution in [0.3, 0.4) is 0 Å². The lowest BCUT2D eigenvalue weighted by Crippen LogP contribution is -2.17. The van der Waals surface area contributed by atoms with Crippen LogP contribution in [0.4, 0.5) is 5.82 Å². The van der Waals surface area contributed by atoms with Crippen molar-refractivity contribution in [2.75, 3.05) is 25.1 Å². The average molecular weight is 396 g/mol. The van der Waals surface area contributed by atoms with Crippen LogP contribution < -0.4 is 14.8 Å². The van der Waals surface area contributed by atoms with Crippen LogP contribution in [0.2, 0.25) is 0 Å². The maximum Gasteiger partial charge on any atom is 0.254 e. The molecule has 0 amide bonds. The third kappa shape index (κ3) is 4.13. The van der Waals surface area contributed by atoms with Crippen LogP contribution in [0.5, 0.6) is 11.5 Å². The lowest BCUT2D eigenvalue weighted by Gasteiger charge is -2.20. The molecule has 7 nitrogen and oxygen atoms in total. The van der Waals surface area contributed by atoms with Gasteiger partial charge in [-0.1, -0.05) is 6.07 Å². The van der Waals surface area contributed by atoms with Crippen LogP contribution in [-0.2, 0) is 19.3 Å². The molecule has 0 saturated heterocycles. The van der Waals surface area contributed by atoms with E-state index in [9.17, 15) is 0 Å². The van der Waals surface area contributed by atoms with Crippen LogP contribution in [0, 0.1) is 6.92 Å². The van der Waals surface area contributed by atoms with Gasteiger partial charge in [0.05, 0.1) is 18.9 Å². The summed E-state index contributed by atoms with van der Waals surface area (Å²) in [5.41, 5.74) is 3.66. The summed E-state index contributed by atoms with van der Waals surface area (Å²) in [6, 6.07) is 6.18. The molecule has 0 bridgehead atoms. The molecule has 0 radical (unpaired) electrons. The minimum Gasteiger partial charge on any atom is -0.490 e. The molecule has 2 aromatic heterocycles. The van der Waals surface area contributed by atoms with E-state index in [4.69, 9.17) is 14.5 Å². The van der Waals surface area contributed by atoms with Gasteiger partial charge in [0.1, 0.15) is 11.6 Å². The van der Waals surface area contributed by atoms with Gasteiger partial charge in [-0.25, -0.2) is 4.98 Å². The summed E-state index contributed by atoms with van der Waals surface area (Å²) in [7, 11) is 0. The lowest BCUT2D eigenvalue weighted by atomic mass is 9.96. The summed E-state index contributed by atoms with van der Waals surface area (Å²) < 4.78 is 13.3. The van der Waals surface area contributed by atoms with Crippen LogP contribution in [0.15, 0.2) is 18.2 Å². The summed E-state index contributed by atoms with van der Waals surface area (Å²) in [5, 5.41) is 8.18. The van der Waals surface area contributed by atoms with Crippen molar-refractivity contribution in [3.8, 4) is 11.5 Å². The van der Waals surface area contributed by atoms with E-state index < -0.39 is 0 Å². The fraction of sp³-hybridized carbons (Fsp3) is 0.500. The van der Waals surface area contributed by atoms with E-state index >= 15 is 0 Å². The molecule has 1 aliphatic rings. The van der Waals surface area contributed by atoms with Crippen molar-refractivity contribution in [1.29, 1.82) is 0 Å². The van der Waals surface area contributed by atoms with Crippen molar-refractivity contribution < 1.29 is 9.47 Å². The Bertz CT molecular complexity index is 999. The standard InChI is InChI=1S/C22H29N5O2/c1-4-28-19-11-10-16(14-20(19)29-5-2)12-13-23-21-17-8-6-7-9-18(17)25-22-24-15(3)26-27(21)22/h10-11,14,23H,4-9,12-13H2,1-3H3. The molecule has 0 unspecified atom stereocenters. The Labute approximate surface area is 171 Å². The predicted molar refractivity (Wildman–Crippen MR) is 113 cm³/mol. The zero-order valence-corrected chi connectivity index (χ0v) is 17.5. The molecule has 2 heterocycles. The van der Waals surface area contributed by atoms with Crippen molar-refractivity contribution >= 4 is 11.6 Å². The number of ether oxygens (including phenoxy) is 2. The third-order valence-corrected chi connectivity index (χ3v) is 5.18. The summed E-state index contributed by atoms with van der Waals surface area (Å²) in [5.74, 6) is 4.08. The molecule has 0 aliphatic heterocycles. The maximum absolute atomic E-state index is 5.75. The molecule has 154 valence electrons. The normalized spacial score (nSPS) is 13.3. The Morgan fingerprint density at radius 2 is 1.83 bits per heavy atom. The van der Waals surface area contributed by atoms with E-state index in [1.54, 1.807) is 0 Å². The molecule has 1 aromatic carbocycles. The third-order valence-electron chi connectivity index (χ3n) is 5.18. The van der Waals surface area contributed by atoms with Crippen molar-refractivity contribution in [2.24, 2.45) is 0 Å². The van der Waals surface area contributed by atoms with Crippen molar-refractivity contribution in [3.63, 3.8) is 0 Å². The Morgan fingerprint density at radius 3 is 2.66 bits per heavy atom. The molecular weight excluding hydrogens is 366 g/mol. The average Bonchev–Trinajstić information content (AvgIpc) is 3.09. The summed E-state index contributed by atoms with van der Waals surface area (Å²) >= 11 is 0. The van der Waals surface area contributed by atoms with Crippen molar-refractivity contribution in [1.82, 2.24) is 19.6 Å². The minimum atomic E-state index is 0.620. The van der Waals surface area contributed by atoms with Gasteiger partial charge in [-0.2, -0.15) is 9.50 Å². The van der Waals surface area contributed by atoms with Gasteiger partial charge in [0.2, 0.25) is 0 Å². The first-order valence-electron chi connectivity index (χ1n) is 10.6. The molecule has 1 N–H and O–H groups in total.